The number of anilines is 1. The molecular formula is C24H30N2O2. The van der Waals surface area contributed by atoms with Crippen molar-refractivity contribution in [1.29, 1.82) is 0 Å². The van der Waals surface area contributed by atoms with Gasteiger partial charge in [0, 0.05) is 17.8 Å². The topological polar surface area (TPSA) is 41.6 Å². The molecule has 0 saturated carbocycles. The van der Waals surface area contributed by atoms with E-state index in [0.717, 1.165) is 48.2 Å². The molecule has 0 fully saturated rings. The van der Waals surface area contributed by atoms with E-state index in [9.17, 15) is 4.79 Å². The average molecular weight is 379 g/mol. The molecule has 148 valence electrons. The fourth-order valence-electron chi connectivity index (χ4n) is 3.76. The number of urea groups is 1. The van der Waals surface area contributed by atoms with Crippen LogP contribution in [-0.2, 0) is 6.54 Å². The molecule has 1 heterocycles. The lowest BCUT2D eigenvalue weighted by Crippen LogP contribution is -2.41. The Labute approximate surface area is 168 Å². The predicted molar refractivity (Wildman–Crippen MR) is 116 cm³/mol. The van der Waals surface area contributed by atoms with Crippen LogP contribution in [0.25, 0.3) is 5.57 Å². The Morgan fingerprint density at radius 3 is 2.50 bits per heavy atom. The molecular weight excluding hydrogens is 348 g/mol. The van der Waals surface area contributed by atoms with Crippen molar-refractivity contribution < 1.29 is 9.53 Å². The number of carbonyl (C=O) groups excluding carboxylic acids is 1. The van der Waals surface area contributed by atoms with Gasteiger partial charge in [-0.15, -0.1) is 0 Å². The monoisotopic (exact) mass is 378 g/mol. The van der Waals surface area contributed by atoms with Crippen LogP contribution in [0.15, 0.2) is 54.6 Å². The molecule has 2 aromatic rings. The molecule has 0 radical (unpaired) electrons. The summed E-state index contributed by atoms with van der Waals surface area (Å²) in [5, 5.41) is 3.13. The summed E-state index contributed by atoms with van der Waals surface area (Å²) in [6.07, 6.45) is 6.37. The molecule has 1 atom stereocenters. The minimum absolute atomic E-state index is 0.0402. The highest BCUT2D eigenvalue weighted by Gasteiger charge is 2.31. The summed E-state index contributed by atoms with van der Waals surface area (Å²) in [7, 11) is 1.66. The summed E-state index contributed by atoms with van der Waals surface area (Å²) < 4.78 is 5.26. The summed E-state index contributed by atoms with van der Waals surface area (Å²) in [4.78, 5) is 15.2. The molecule has 0 aromatic heterocycles. The highest BCUT2D eigenvalue weighted by atomic mass is 16.5. The van der Waals surface area contributed by atoms with Crippen molar-refractivity contribution in [3.05, 3.63) is 65.7 Å². The maximum atomic E-state index is 13.2. The normalized spacial score (nSPS) is 17.8. The number of para-hydroxylation sites is 1. The molecule has 0 bridgehead atoms. The first-order valence-electron chi connectivity index (χ1n) is 10.2. The van der Waals surface area contributed by atoms with Gasteiger partial charge in [-0.2, -0.15) is 0 Å². The Bertz CT molecular complexity index is 827. The van der Waals surface area contributed by atoms with Crippen molar-refractivity contribution >= 4 is 17.3 Å². The number of nitrogens with one attached hydrogen (secondary N) is 1. The number of ether oxygens (including phenoxy) is 1. The summed E-state index contributed by atoms with van der Waals surface area (Å²) in [5.41, 5.74) is 4.39. The third-order valence-electron chi connectivity index (χ3n) is 5.20. The minimum Gasteiger partial charge on any atom is -0.497 e. The second-order valence-electron chi connectivity index (χ2n) is 7.20. The first-order chi connectivity index (χ1) is 13.7. The quantitative estimate of drug-likeness (QED) is 0.633. The lowest BCUT2D eigenvalue weighted by molar-refractivity contribution is 0.196. The maximum Gasteiger partial charge on any atom is 0.322 e. The van der Waals surface area contributed by atoms with Gasteiger partial charge in [0.2, 0.25) is 0 Å². The fourth-order valence-corrected chi connectivity index (χ4v) is 3.76. The second-order valence-corrected chi connectivity index (χ2v) is 7.20. The minimum atomic E-state index is -0.0402. The van der Waals surface area contributed by atoms with Crippen LogP contribution < -0.4 is 10.1 Å². The van der Waals surface area contributed by atoms with Crippen LogP contribution in [0.5, 0.6) is 5.75 Å². The number of hydrogen-bond acceptors (Lipinski definition) is 2. The molecule has 0 aliphatic carbocycles. The largest absolute Gasteiger partial charge is 0.497 e. The molecule has 1 aliphatic rings. The van der Waals surface area contributed by atoms with Crippen molar-refractivity contribution in [3.8, 4) is 5.75 Å². The number of allylic oxidation sites excluding steroid dienone is 1. The van der Waals surface area contributed by atoms with Crippen molar-refractivity contribution in [1.82, 2.24) is 4.90 Å². The van der Waals surface area contributed by atoms with E-state index in [2.05, 4.69) is 31.3 Å². The molecule has 4 heteroatoms. The first kappa shape index (κ1) is 20.0. The number of fused-ring (bicyclic) bond motifs is 1. The van der Waals surface area contributed by atoms with E-state index in [1.807, 2.05) is 47.4 Å². The molecule has 1 aliphatic heterocycles. The van der Waals surface area contributed by atoms with Crippen molar-refractivity contribution in [2.45, 2.75) is 52.1 Å². The third kappa shape index (κ3) is 4.38. The fraction of sp³-hybridized carbons (Fsp3) is 0.375. The third-order valence-corrected chi connectivity index (χ3v) is 5.20. The van der Waals surface area contributed by atoms with E-state index < -0.39 is 0 Å². The average Bonchev–Trinajstić information content (AvgIpc) is 2.82. The van der Waals surface area contributed by atoms with Gasteiger partial charge in [0.1, 0.15) is 5.75 Å². The van der Waals surface area contributed by atoms with Gasteiger partial charge in [-0.25, -0.2) is 4.79 Å². The number of benzene rings is 2. The van der Waals surface area contributed by atoms with Crippen molar-refractivity contribution in [2.24, 2.45) is 0 Å². The van der Waals surface area contributed by atoms with Crippen LogP contribution in [0.2, 0.25) is 0 Å². The van der Waals surface area contributed by atoms with Gasteiger partial charge in [0.05, 0.1) is 13.2 Å². The number of unbranched alkanes of at least 4 members (excludes halogenated alkanes) is 1. The standard InChI is InChI=1S/C24H30N2O2/c1-4-6-10-21-20-11-7-8-12-22(20)25-24(27)26(23(21)9-5-2)17-18-13-15-19(28-3)16-14-18/h7-8,10-16,23H,4-6,9,17H2,1-3H3,(H,25,27)/b21-10-. The number of methoxy groups -OCH3 is 1. The number of rotatable bonds is 7. The van der Waals surface area contributed by atoms with E-state index >= 15 is 0 Å². The zero-order chi connectivity index (χ0) is 19.9. The van der Waals surface area contributed by atoms with Crippen LogP contribution in [0.1, 0.15) is 50.7 Å². The van der Waals surface area contributed by atoms with Gasteiger partial charge in [-0.1, -0.05) is 63.1 Å². The van der Waals surface area contributed by atoms with Gasteiger partial charge in [0.25, 0.3) is 0 Å². The Morgan fingerprint density at radius 2 is 1.82 bits per heavy atom. The van der Waals surface area contributed by atoms with Gasteiger partial charge in [-0.05, 0) is 42.2 Å². The number of carbonyl (C=O) groups is 1. The van der Waals surface area contributed by atoms with Crippen molar-refractivity contribution in [3.63, 3.8) is 0 Å². The van der Waals surface area contributed by atoms with Crippen LogP contribution in [0.3, 0.4) is 0 Å². The Kier molecular flexibility index (Phi) is 6.75. The second kappa shape index (κ2) is 9.45. The lowest BCUT2D eigenvalue weighted by atomic mass is 9.92. The molecule has 2 aromatic carbocycles. The summed E-state index contributed by atoms with van der Waals surface area (Å²) in [5.74, 6) is 0.824. The Hall–Kier alpha value is -2.75. The zero-order valence-corrected chi connectivity index (χ0v) is 17.1. The Morgan fingerprint density at radius 1 is 1.07 bits per heavy atom. The van der Waals surface area contributed by atoms with E-state index in [0.29, 0.717) is 6.54 Å². The van der Waals surface area contributed by atoms with Gasteiger partial charge in [-0.3, -0.25) is 0 Å². The lowest BCUT2D eigenvalue weighted by Gasteiger charge is -2.31. The summed E-state index contributed by atoms with van der Waals surface area (Å²) in [6, 6.07) is 16.1. The van der Waals surface area contributed by atoms with Crippen LogP contribution in [0, 0.1) is 0 Å². The molecule has 3 rings (SSSR count). The molecule has 0 spiro atoms. The number of nitrogens with zero attached hydrogens (tertiary/aromatic N) is 1. The molecule has 2 amide bonds. The smallest absolute Gasteiger partial charge is 0.322 e. The Balaban J connectivity index is 2.01. The van der Waals surface area contributed by atoms with E-state index in [4.69, 9.17) is 4.74 Å². The predicted octanol–water partition coefficient (Wildman–Crippen LogP) is 6.10. The molecule has 1 N–H and O–H groups in total. The SMILES string of the molecule is CCC/C=C1/c2ccccc2NC(=O)N(Cc2ccc(OC)cc2)C1CCC. The summed E-state index contributed by atoms with van der Waals surface area (Å²) in [6.45, 7) is 4.93. The highest BCUT2D eigenvalue weighted by Crippen LogP contribution is 2.35. The van der Waals surface area contributed by atoms with Gasteiger partial charge >= 0.3 is 6.03 Å². The molecule has 1 unspecified atom stereocenters. The number of amides is 2. The van der Waals surface area contributed by atoms with E-state index in [-0.39, 0.29) is 12.1 Å². The zero-order valence-electron chi connectivity index (χ0n) is 17.1. The van der Waals surface area contributed by atoms with Crippen molar-refractivity contribution in [2.75, 3.05) is 12.4 Å². The first-order valence-corrected chi connectivity index (χ1v) is 10.2. The van der Waals surface area contributed by atoms with Crippen LogP contribution in [0.4, 0.5) is 10.5 Å². The van der Waals surface area contributed by atoms with Gasteiger partial charge < -0.3 is 15.0 Å². The van der Waals surface area contributed by atoms with Crippen LogP contribution in [-0.4, -0.2) is 24.1 Å². The molecule has 4 nitrogen and oxygen atoms in total. The van der Waals surface area contributed by atoms with Crippen LogP contribution >= 0.6 is 0 Å². The van der Waals surface area contributed by atoms with E-state index in [1.165, 1.54) is 5.57 Å². The van der Waals surface area contributed by atoms with Gasteiger partial charge in [0.15, 0.2) is 0 Å². The molecule has 0 saturated heterocycles. The summed E-state index contributed by atoms with van der Waals surface area (Å²) >= 11 is 0. The van der Waals surface area contributed by atoms with E-state index in [1.54, 1.807) is 7.11 Å². The molecule has 28 heavy (non-hydrogen) atoms. The highest BCUT2D eigenvalue weighted by molar-refractivity contribution is 5.97. The maximum absolute atomic E-state index is 13.2. The number of hydrogen-bond donors (Lipinski definition) is 1.